The van der Waals surface area contributed by atoms with Gasteiger partial charge in [0.15, 0.2) is 5.16 Å². The van der Waals surface area contributed by atoms with Crippen LogP contribution in [0.3, 0.4) is 0 Å². The molecule has 1 aromatic heterocycles. The Kier molecular flexibility index (Phi) is 6.36. The van der Waals surface area contributed by atoms with E-state index in [0.29, 0.717) is 11.3 Å². The summed E-state index contributed by atoms with van der Waals surface area (Å²) in [5.41, 5.74) is 2.95. The van der Waals surface area contributed by atoms with E-state index in [2.05, 4.69) is 21.8 Å². The Bertz CT molecular complexity index is 997. The fourth-order valence-corrected chi connectivity index (χ4v) is 3.68. The number of benzene rings is 2. The number of ether oxygens (including phenoxy) is 1. The number of thioether (sulfide) groups is 1. The van der Waals surface area contributed by atoms with Crippen molar-refractivity contribution in [2.75, 3.05) is 11.1 Å². The molecule has 28 heavy (non-hydrogen) atoms. The predicted octanol–water partition coefficient (Wildman–Crippen LogP) is 4.35. The molecule has 0 saturated heterocycles. The van der Waals surface area contributed by atoms with Crippen LogP contribution in [-0.2, 0) is 16.1 Å². The van der Waals surface area contributed by atoms with Crippen molar-refractivity contribution in [3.8, 4) is 0 Å². The summed E-state index contributed by atoms with van der Waals surface area (Å²) in [7, 11) is 0. The zero-order valence-corrected chi connectivity index (χ0v) is 17.0. The van der Waals surface area contributed by atoms with Crippen LogP contribution in [0.1, 0.15) is 31.1 Å². The van der Waals surface area contributed by atoms with Crippen molar-refractivity contribution in [3.63, 3.8) is 0 Å². The van der Waals surface area contributed by atoms with Gasteiger partial charge >= 0.3 is 5.97 Å². The van der Waals surface area contributed by atoms with Crippen molar-refractivity contribution in [3.05, 3.63) is 54.1 Å². The molecular weight excluding hydrogens is 374 g/mol. The smallest absolute Gasteiger partial charge is 0.338 e. The Labute approximate surface area is 168 Å². The molecule has 0 aliphatic carbocycles. The first-order chi connectivity index (χ1) is 13.5. The molecule has 1 N–H and O–H groups in total. The van der Waals surface area contributed by atoms with E-state index in [0.717, 1.165) is 22.7 Å². The maximum Gasteiger partial charge on any atom is 0.338 e. The molecule has 0 radical (unpaired) electrons. The van der Waals surface area contributed by atoms with Crippen LogP contribution in [0.25, 0.3) is 11.0 Å². The van der Waals surface area contributed by atoms with E-state index in [9.17, 15) is 9.59 Å². The second-order valence-corrected chi connectivity index (χ2v) is 7.44. The number of carbonyl (C=O) groups is 2. The van der Waals surface area contributed by atoms with E-state index in [4.69, 9.17) is 4.74 Å². The quantitative estimate of drug-likeness (QED) is 0.474. The van der Waals surface area contributed by atoms with Gasteiger partial charge in [0.05, 0.1) is 28.5 Å². The summed E-state index contributed by atoms with van der Waals surface area (Å²) in [5, 5.41) is 3.64. The van der Waals surface area contributed by atoms with Crippen molar-refractivity contribution < 1.29 is 14.3 Å². The molecule has 0 saturated carbocycles. The maximum absolute atomic E-state index is 12.4. The second kappa shape index (κ2) is 8.93. The average Bonchev–Trinajstić information content (AvgIpc) is 3.03. The lowest BCUT2D eigenvalue weighted by molar-refractivity contribution is -0.113. The van der Waals surface area contributed by atoms with E-state index in [1.165, 1.54) is 11.8 Å². The highest BCUT2D eigenvalue weighted by Crippen LogP contribution is 2.24. The van der Waals surface area contributed by atoms with Crippen molar-refractivity contribution in [1.82, 2.24) is 9.55 Å². The van der Waals surface area contributed by atoms with Crippen molar-refractivity contribution in [1.29, 1.82) is 0 Å². The topological polar surface area (TPSA) is 73.2 Å². The maximum atomic E-state index is 12.4. The number of imidazole rings is 1. The minimum Gasteiger partial charge on any atom is -0.459 e. The van der Waals surface area contributed by atoms with E-state index >= 15 is 0 Å². The highest BCUT2D eigenvalue weighted by atomic mass is 32.2. The molecule has 146 valence electrons. The standard InChI is InChI=1S/C21H23N3O3S/c1-4-24-18-11-6-5-10-17(18)23-21(24)28-13-19(25)22-16-9-7-8-15(12-16)20(26)27-14(2)3/h5-12,14H,4,13H2,1-3H3,(H,22,25). The first kappa shape index (κ1) is 19.9. The Morgan fingerprint density at radius 2 is 1.96 bits per heavy atom. The van der Waals surface area contributed by atoms with Crippen molar-refractivity contribution in [2.24, 2.45) is 0 Å². The zero-order valence-electron chi connectivity index (χ0n) is 16.1. The molecule has 6 nitrogen and oxygen atoms in total. The average molecular weight is 398 g/mol. The summed E-state index contributed by atoms with van der Waals surface area (Å²) in [6.45, 7) is 6.43. The van der Waals surface area contributed by atoms with Gasteiger partial charge in [-0.2, -0.15) is 0 Å². The fourth-order valence-electron chi connectivity index (χ4n) is 2.80. The number of esters is 1. The van der Waals surface area contributed by atoms with Gasteiger partial charge in [-0.05, 0) is 51.1 Å². The molecular formula is C21H23N3O3S. The van der Waals surface area contributed by atoms with Crippen LogP contribution in [0.4, 0.5) is 5.69 Å². The van der Waals surface area contributed by atoms with Crippen LogP contribution in [0.5, 0.6) is 0 Å². The first-order valence-electron chi connectivity index (χ1n) is 9.17. The number of nitrogens with one attached hydrogen (secondary N) is 1. The minimum absolute atomic E-state index is 0.158. The summed E-state index contributed by atoms with van der Waals surface area (Å²) < 4.78 is 7.28. The Balaban J connectivity index is 1.64. The molecule has 1 heterocycles. The van der Waals surface area contributed by atoms with Gasteiger partial charge in [0.25, 0.3) is 0 Å². The van der Waals surface area contributed by atoms with Crippen LogP contribution in [0.2, 0.25) is 0 Å². The first-order valence-corrected chi connectivity index (χ1v) is 10.2. The third kappa shape index (κ3) is 4.72. The van der Waals surface area contributed by atoms with Crippen LogP contribution in [0, 0.1) is 0 Å². The van der Waals surface area contributed by atoms with Gasteiger partial charge in [0.1, 0.15) is 0 Å². The summed E-state index contributed by atoms with van der Waals surface area (Å²) in [5.74, 6) is -0.338. The third-order valence-corrected chi connectivity index (χ3v) is 4.97. The summed E-state index contributed by atoms with van der Waals surface area (Å²) in [6.07, 6.45) is -0.194. The van der Waals surface area contributed by atoms with Crippen molar-refractivity contribution in [2.45, 2.75) is 38.6 Å². The van der Waals surface area contributed by atoms with Gasteiger partial charge < -0.3 is 14.6 Å². The number of aryl methyl sites for hydroxylation is 1. The van der Waals surface area contributed by atoms with Crippen LogP contribution in [-0.4, -0.2) is 33.3 Å². The lowest BCUT2D eigenvalue weighted by atomic mass is 10.2. The molecule has 0 unspecified atom stereocenters. The van der Waals surface area contributed by atoms with E-state index in [-0.39, 0.29) is 17.8 Å². The second-order valence-electron chi connectivity index (χ2n) is 6.50. The lowest BCUT2D eigenvalue weighted by Crippen LogP contribution is -2.16. The monoisotopic (exact) mass is 397 g/mol. The van der Waals surface area contributed by atoms with Crippen LogP contribution < -0.4 is 5.32 Å². The largest absolute Gasteiger partial charge is 0.459 e. The molecule has 0 spiro atoms. The molecule has 0 atom stereocenters. The highest BCUT2D eigenvalue weighted by molar-refractivity contribution is 7.99. The van der Waals surface area contributed by atoms with Crippen LogP contribution >= 0.6 is 11.8 Å². The molecule has 0 fully saturated rings. The zero-order chi connectivity index (χ0) is 20.1. The number of rotatable bonds is 7. The third-order valence-electron chi connectivity index (χ3n) is 3.99. The van der Waals surface area contributed by atoms with E-state index in [1.54, 1.807) is 38.1 Å². The number of anilines is 1. The number of carbonyl (C=O) groups excluding carboxylic acids is 2. The van der Waals surface area contributed by atoms with Crippen molar-refractivity contribution >= 4 is 40.4 Å². The molecule has 0 aliphatic rings. The number of hydrogen-bond donors (Lipinski definition) is 1. The molecule has 2 aromatic carbocycles. The fraction of sp³-hybridized carbons (Fsp3) is 0.286. The van der Waals surface area contributed by atoms with Gasteiger partial charge in [0.2, 0.25) is 5.91 Å². The van der Waals surface area contributed by atoms with E-state index < -0.39 is 5.97 Å². The lowest BCUT2D eigenvalue weighted by Gasteiger charge is -2.10. The van der Waals surface area contributed by atoms with Crippen LogP contribution in [0.15, 0.2) is 53.7 Å². The number of aromatic nitrogens is 2. The number of para-hydroxylation sites is 2. The van der Waals surface area contributed by atoms with Gasteiger partial charge in [-0.25, -0.2) is 9.78 Å². The predicted molar refractivity (Wildman–Crippen MR) is 112 cm³/mol. The van der Waals surface area contributed by atoms with E-state index in [1.807, 2.05) is 24.3 Å². The number of nitrogens with zero attached hydrogens (tertiary/aromatic N) is 2. The van der Waals surface area contributed by atoms with Gasteiger partial charge in [-0.1, -0.05) is 30.0 Å². The molecule has 1 amide bonds. The van der Waals surface area contributed by atoms with Gasteiger partial charge in [0, 0.05) is 12.2 Å². The molecule has 0 bridgehead atoms. The Morgan fingerprint density at radius 1 is 1.18 bits per heavy atom. The summed E-state index contributed by atoms with van der Waals surface area (Å²) >= 11 is 1.39. The summed E-state index contributed by atoms with van der Waals surface area (Å²) in [6, 6.07) is 14.7. The highest BCUT2D eigenvalue weighted by Gasteiger charge is 2.13. The number of amides is 1. The normalized spacial score (nSPS) is 11.0. The van der Waals surface area contributed by atoms with Gasteiger partial charge in [-0.3, -0.25) is 4.79 Å². The molecule has 0 aliphatic heterocycles. The summed E-state index contributed by atoms with van der Waals surface area (Å²) in [4.78, 5) is 29.0. The molecule has 7 heteroatoms. The van der Waals surface area contributed by atoms with Gasteiger partial charge in [-0.15, -0.1) is 0 Å². The number of fused-ring (bicyclic) bond motifs is 1. The Morgan fingerprint density at radius 3 is 2.71 bits per heavy atom. The SMILES string of the molecule is CCn1c(SCC(=O)Nc2cccc(C(=O)OC(C)C)c2)nc2ccccc21. The number of hydrogen-bond acceptors (Lipinski definition) is 5. The molecule has 3 rings (SSSR count). The molecule has 3 aromatic rings. The minimum atomic E-state index is -0.405. The Hall–Kier alpha value is -2.80.